The summed E-state index contributed by atoms with van der Waals surface area (Å²) in [5.41, 5.74) is 18.9. The smallest absolute Gasteiger partial charge is 0.161 e. The summed E-state index contributed by atoms with van der Waals surface area (Å²) in [4.78, 5) is 18.0. The zero-order valence-electron chi connectivity index (χ0n) is 38.5. The number of ether oxygens (including phenoxy) is 1. The van der Waals surface area contributed by atoms with E-state index in [1.807, 2.05) is 30.3 Å². The molecule has 1 fully saturated rings. The molecule has 11 nitrogen and oxygen atoms in total. The van der Waals surface area contributed by atoms with Gasteiger partial charge in [-0.3, -0.25) is 9.79 Å². The molecule has 0 saturated heterocycles. The van der Waals surface area contributed by atoms with Crippen LogP contribution in [0.3, 0.4) is 0 Å². The number of benzene rings is 3. The number of unbranched alkanes of at least 4 members (excludes halogenated alkanes) is 2. The first-order chi connectivity index (χ1) is 32.3. The van der Waals surface area contributed by atoms with Crippen molar-refractivity contribution in [3.63, 3.8) is 0 Å². The van der Waals surface area contributed by atoms with E-state index in [4.69, 9.17) is 16.2 Å². The largest absolute Gasteiger partial charge is 0.875 e. The van der Waals surface area contributed by atoms with E-state index < -0.39 is 29.7 Å². The summed E-state index contributed by atoms with van der Waals surface area (Å²) in [5, 5.41) is 68.4. The molecule has 8 bridgehead atoms. The van der Waals surface area contributed by atoms with Gasteiger partial charge in [0.15, 0.2) is 17.3 Å². The van der Waals surface area contributed by atoms with Crippen LogP contribution in [0.4, 0.5) is 0 Å². The molecule has 6 atom stereocenters. The molecule has 9 N–H and O–H groups in total. The molecule has 0 spiro atoms. The van der Waals surface area contributed by atoms with Crippen LogP contribution in [0.5, 0.6) is 17.2 Å². The zero-order chi connectivity index (χ0) is 47.5. The Morgan fingerprint density at radius 3 is 2.57 bits per heavy atom. The molecule has 3 aromatic rings. The van der Waals surface area contributed by atoms with Gasteiger partial charge in [-0.15, -0.1) is 5.76 Å². The summed E-state index contributed by atoms with van der Waals surface area (Å²) in [7, 11) is 3.31. The highest BCUT2D eigenvalue weighted by Gasteiger charge is 2.43. The van der Waals surface area contributed by atoms with E-state index in [2.05, 4.69) is 23.8 Å². The average molecular weight is 949 g/mol. The fraction of sp³-hybridized carbons (Fsp3) is 0.481. The van der Waals surface area contributed by atoms with E-state index in [-0.39, 0.29) is 60.9 Å². The van der Waals surface area contributed by atoms with E-state index in [0.29, 0.717) is 78.2 Å². The number of carbonyl (C=O) groups is 1. The van der Waals surface area contributed by atoms with Gasteiger partial charge in [0.1, 0.15) is 5.75 Å². The maximum absolute atomic E-state index is 14.2. The predicted octanol–water partition coefficient (Wildman–Crippen LogP) is 7.93. The van der Waals surface area contributed by atoms with Gasteiger partial charge in [-0.2, -0.15) is 0 Å². The Labute approximate surface area is 403 Å². The summed E-state index contributed by atoms with van der Waals surface area (Å²) in [6.45, 7) is 2.10. The monoisotopic (exact) mass is 948 g/mol. The minimum atomic E-state index is -0.810. The third kappa shape index (κ3) is 13.2. The number of hydrogen-bond donors (Lipinski definition) is 7. The lowest BCUT2D eigenvalue weighted by atomic mass is 9.76. The number of nitrogens with two attached hydrogens (primary N) is 2. The quantitative estimate of drug-likeness (QED) is 0.0423. The molecule has 2 aliphatic carbocycles. The number of allylic oxidation sites excluding steroid dienone is 5. The SMILES string of the molecule is CCCCCC(CCC12C=CC(=O)CCc3ccc(O)c(c3)OCCc3ccc(O)c(c3)C3CC([O-])=C4C=CN=C4CC#Cc4cc(C(N)N)c(cc43)CSSCC(C1)C(O)C2)CC(O)CO. The van der Waals surface area contributed by atoms with Gasteiger partial charge in [0.05, 0.1) is 43.7 Å². The van der Waals surface area contributed by atoms with Gasteiger partial charge in [0.2, 0.25) is 0 Å². The van der Waals surface area contributed by atoms with Gasteiger partial charge in [-0.1, -0.05) is 96.4 Å². The van der Waals surface area contributed by atoms with Gasteiger partial charge in [-0.25, -0.2) is 0 Å². The molecule has 4 aliphatic rings. The van der Waals surface area contributed by atoms with E-state index in [9.17, 15) is 35.4 Å². The number of phenolic OH excluding ortho intramolecular Hbond substituents is 2. The van der Waals surface area contributed by atoms with Crippen LogP contribution in [0.15, 0.2) is 89.3 Å². The van der Waals surface area contributed by atoms with Crippen molar-refractivity contribution in [3.05, 3.63) is 123 Å². The summed E-state index contributed by atoms with van der Waals surface area (Å²) in [6, 6.07) is 14.5. The topological polar surface area (TPSA) is 215 Å². The third-order valence-electron chi connectivity index (χ3n) is 13.9. The van der Waals surface area contributed by atoms with Crippen LogP contribution in [0.2, 0.25) is 0 Å². The number of carbonyl (C=O) groups excluding carboxylic acids is 1. The van der Waals surface area contributed by atoms with Crippen LogP contribution in [0, 0.1) is 29.1 Å². The predicted molar refractivity (Wildman–Crippen MR) is 266 cm³/mol. The number of aliphatic hydroxyl groups is 3. The Morgan fingerprint density at radius 2 is 1.78 bits per heavy atom. The lowest BCUT2D eigenvalue weighted by Crippen LogP contribution is -2.23. The lowest BCUT2D eigenvalue weighted by molar-refractivity contribution is -0.307. The minimum absolute atomic E-state index is 0.0164. The molecule has 1 saturated carbocycles. The van der Waals surface area contributed by atoms with E-state index in [1.165, 1.54) is 0 Å². The van der Waals surface area contributed by atoms with Gasteiger partial charge in [-0.05, 0) is 132 Å². The first kappa shape index (κ1) is 50.4. The van der Waals surface area contributed by atoms with Crippen molar-refractivity contribution in [2.75, 3.05) is 19.0 Å². The summed E-state index contributed by atoms with van der Waals surface area (Å²) in [6.07, 6.45) is 13.8. The van der Waals surface area contributed by atoms with Gasteiger partial charge >= 0.3 is 0 Å². The van der Waals surface area contributed by atoms with Crippen molar-refractivity contribution in [3.8, 4) is 29.1 Å². The highest BCUT2D eigenvalue weighted by atomic mass is 33.1. The van der Waals surface area contributed by atoms with E-state index >= 15 is 0 Å². The number of aliphatic imine (C=N–C) groups is 1. The first-order valence-corrected chi connectivity index (χ1v) is 26.3. The highest BCUT2D eigenvalue weighted by molar-refractivity contribution is 8.76. The number of nitrogens with zero attached hydrogens (tertiary/aromatic N) is 1. The molecule has 0 amide bonds. The maximum Gasteiger partial charge on any atom is 0.161 e. The standard InChI is InChI=1S/C54H67N3O8S2/c1-2-3-4-6-34(23-41(60)31-58)15-19-54-20-16-40(59)12-9-35-11-14-49(62)52(25-35)65-22-18-36-10-13-48(61)46(24-36)45-28-50(63)42-17-21-57-47(42)8-5-7-37-26-44(53(55)56)38(27-43(37)45)32-66-67-33-39(29-54)51(64)30-54/h10-11,13-14,16-17,20-21,24-27,34,39,41,45,51,53,58,60-64H,2-4,6,8-9,12,15,18-19,22-23,28-33,55-56H2,1H3/p-1. The van der Waals surface area contributed by atoms with Crippen LogP contribution in [-0.4, -0.2) is 68.2 Å². The zero-order valence-corrected chi connectivity index (χ0v) is 40.1. The lowest BCUT2D eigenvalue weighted by Gasteiger charge is -2.29. The molecule has 13 heteroatoms. The number of hydrogen-bond acceptors (Lipinski definition) is 13. The minimum Gasteiger partial charge on any atom is -0.875 e. The number of fused-ring (bicyclic) bond motifs is 9. The normalized spacial score (nSPS) is 23.3. The van der Waals surface area contributed by atoms with Crippen LogP contribution in [-0.2, 0) is 23.4 Å². The molecule has 2 heterocycles. The second kappa shape index (κ2) is 23.7. The second-order valence-electron chi connectivity index (χ2n) is 18.8. The van der Waals surface area contributed by atoms with Gasteiger partial charge in [0.25, 0.3) is 0 Å². The van der Waals surface area contributed by atoms with Crippen molar-refractivity contribution >= 4 is 33.1 Å². The fourth-order valence-corrected chi connectivity index (χ4v) is 12.6. The Hall–Kier alpha value is -4.52. The summed E-state index contributed by atoms with van der Waals surface area (Å²) in [5.74, 6) is 7.53. The first-order valence-electron chi connectivity index (χ1n) is 23.9. The van der Waals surface area contributed by atoms with Crippen molar-refractivity contribution in [2.45, 2.75) is 127 Å². The molecule has 67 heavy (non-hydrogen) atoms. The molecule has 6 unspecified atom stereocenters. The van der Waals surface area contributed by atoms with Crippen molar-refractivity contribution in [2.24, 2.45) is 33.7 Å². The summed E-state index contributed by atoms with van der Waals surface area (Å²) < 4.78 is 6.14. The maximum atomic E-state index is 14.2. The number of aryl methyl sites for hydroxylation is 1. The van der Waals surface area contributed by atoms with Crippen molar-refractivity contribution < 1.29 is 40.2 Å². The molecule has 7 rings (SSSR count). The van der Waals surface area contributed by atoms with Gasteiger partial charge < -0.3 is 46.8 Å². The summed E-state index contributed by atoms with van der Waals surface area (Å²) >= 11 is 0. The molecule has 3 aromatic carbocycles. The molecular formula is C54H66N3O8S2-. The van der Waals surface area contributed by atoms with Crippen LogP contribution >= 0.6 is 21.6 Å². The molecular weight excluding hydrogens is 883 g/mol. The Bertz CT molecular complexity index is 2420. The number of aliphatic hydroxyl groups excluding tert-OH is 3. The Morgan fingerprint density at radius 1 is 0.970 bits per heavy atom. The Kier molecular flexibility index (Phi) is 17.8. The molecule has 358 valence electrons. The number of phenols is 2. The molecule has 0 radical (unpaired) electrons. The third-order valence-corrected chi connectivity index (χ3v) is 16.3. The van der Waals surface area contributed by atoms with Crippen LogP contribution in [0.1, 0.15) is 135 Å². The fourth-order valence-electron chi connectivity index (χ4n) is 10.1. The Balaban J connectivity index is 1.24. The van der Waals surface area contributed by atoms with E-state index in [1.54, 1.807) is 64.2 Å². The number of aromatic hydroxyl groups is 2. The highest BCUT2D eigenvalue weighted by Crippen LogP contribution is 2.50. The number of ketones is 1. The van der Waals surface area contributed by atoms with Crippen LogP contribution in [0.25, 0.3) is 0 Å². The van der Waals surface area contributed by atoms with Crippen molar-refractivity contribution in [1.82, 2.24) is 0 Å². The molecule has 0 aromatic heterocycles. The van der Waals surface area contributed by atoms with Crippen LogP contribution < -0.4 is 21.3 Å². The number of rotatable bonds is 11. The second-order valence-corrected chi connectivity index (χ2v) is 21.3. The van der Waals surface area contributed by atoms with Gasteiger partial charge in [0, 0.05) is 47.6 Å². The van der Waals surface area contributed by atoms with Crippen molar-refractivity contribution in [1.29, 1.82) is 0 Å². The molecule has 2 aliphatic heterocycles. The van der Waals surface area contributed by atoms with E-state index in [0.717, 1.165) is 66.3 Å². The average Bonchev–Trinajstić information content (AvgIpc) is 3.92.